The fourth-order valence-corrected chi connectivity index (χ4v) is 3.48. The van der Waals surface area contributed by atoms with E-state index in [1.165, 1.54) is 30.3 Å². The summed E-state index contributed by atoms with van der Waals surface area (Å²) >= 11 is 11.9. The van der Waals surface area contributed by atoms with Gasteiger partial charge >= 0.3 is 6.18 Å². The number of aromatic amines is 1. The van der Waals surface area contributed by atoms with Gasteiger partial charge in [0, 0.05) is 11.6 Å². The molecule has 2 heterocycles. The second kappa shape index (κ2) is 7.34. The van der Waals surface area contributed by atoms with Gasteiger partial charge in [0.15, 0.2) is 5.69 Å². The Morgan fingerprint density at radius 1 is 1.10 bits per heavy atom. The van der Waals surface area contributed by atoms with Crippen LogP contribution < -0.4 is 5.56 Å². The molecule has 6 nitrogen and oxygen atoms in total. The summed E-state index contributed by atoms with van der Waals surface area (Å²) in [5, 5.41) is 23.1. The largest absolute Gasteiger partial charge is 0.507 e. The van der Waals surface area contributed by atoms with Crippen molar-refractivity contribution in [2.24, 2.45) is 0 Å². The van der Waals surface area contributed by atoms with E-state index in [0.717, 1.165) is 16.6 Å². The monoisotopic (exact) mass is 464 g/mol. The van der Waals surface area contributed by atoms with Crippen molar-refractivity contribution in [2.75, 3.05) is 0 Å². The summed E-state index contributed by atoms with van der Waals surface area (Å²) in [6.45, 7) is 0. The number of H-pyrrole nitrogens is 1. The molecule has 4 rings (SSSR count). The Balaban J connectivity index is 2.11. The highest BCUT2D eigenvalue weighted by atomic mass is 35.5. The number of aromatic nitrogens is 3. The molecular weight excluding hydrogens is 456 g/mol. The number of phenols is 1. The van der Waals surface area contributed by atoms with E-state index in [-0.39, 0.29) is 38.1 Å². The van der Waals surface area contributed by atoms with Gasteiger partial charge in [-0.2, -0.15) is 23.5 Å². The van der Waals surface area contributed by atoms with Gasteiger partial charge in [0.2, 0.25) is 0 Å². The van der Waals surface area contributed by atoms with Crippen molar-refractivity contribution in [2.45, 2.75) is 6.18 Å². The molecule has 156 valence electrons. The van der Waals surface area contributed by atoms with Gasteiger partial charge in [-0.1, -0.05) is 29.3 Å². The number of halogens is 5. The van der Waals surface area contributed by atoms with Crippen LogP contribution in [0.3, 0.4) is 0 Å². The first-order chi connectivity index (χ1) is 14.6. The first kappa shape index (κ1) is 20.8. The minimum absolute atomic E-state index is 0.0204. The number of aromatic hydroxyl groups is 1. The number of hydrogen-bond donors (Lipinski definition) is 2. The van der Waals surface area contributed by atoms with Crippen molar-refractivity contribution in [1.29, 1.82) is 5.26 Å². The number of nitrogens with zero attached hydrogens (tertiary/aromatic N) is 3. The first-order valence-electron chi connectivity index (χ1n) is 8.52. The molecule has 2 aromatic heterocycles. The zero-order valence-corrected chi connectivity index (χ0v) is 16.6. The highest BCUT2D eigenvalue weighted by Gasteiger charge is 2.39. The van der Waals surface area contributed by atoms with Crippen LogP contribution in [0.5, 0.6) is 5.75 Å². The van der Waals surface area contributed by atoms with Gasteiger partial charge in [0.05, 0.1) is 32.9 Å². The molecule has 0 atom stereocenters. The number of alkyl halides is 3. The quantitative estimate of drug-likeness (QED) is 0.423. The standard InChI is InChI=1S/C20H9Cl2F3N4O2/c21-12-4-2-10(6-13(12)22)17-18(20(23,24)25)28-29-14(7-16(31)27-19(17)29)11-3-1-9(8-26)5-15(11)30/h1-7,30H,(H,27,31). The fraction of sp³-hybridized carbons (Fsp3) is 0.0500. The van der Waals surface area contributed by atoms with Gasteiger partial charge in [-0.3, -0.25) is 4.79 Å². The molecule has 11 heteroatoms. The minimum atomic E-state index is -4.87. The van der Waals surface area contributed by atoms with Gasteiger partial charge in [0.1, 0.15) is 11.4 Å². The van der Waals surface area contributed by atoms with Crippen LogP contribution >= 0.6 is 23.2 Å². The van der Waals surface area contributed by atoms with Gasteiger partial charge in [-0.05, 0) is 35.9 Å². The van der Waals surface area contributed by atoms with Gasteiger partial charge in [-0.15, -0.1) is 0 Å². The van der Waals surface area contributed by atoms with Crippen molar-refractivity contribution < 1.29 is 18.3 Å². The molecule has 0 aliphatic carbocycles. The summed E-state index contributed by atoms with van der Waals surface area (Å²) in [6, 6.07) is 10.5. The van der Waals surface area contributed by atoms with E-state index in [2.05, 4.69) is 10.1 Å². The third-order valence-corrected chi connectivity index (χ3v) is 5.24. The molecule has 0 amide bonds. The highest BCUT2D eigenvalue weighted by molar-refractivity contribution is 6.42. The van der Waals surface area contributed by atoms with Crippen molar-refractivity contribution in [3.05, 3.63) is 74.1 Å². The molecule has 0 bridgehead atoms. The van der Waals surface area contributed by atoms with Gasteiger partial charge in [-0.25, -0.2) is 4.52 Å². The van der Waals surface area contributed by atoms with E-state index in [1.54, 1.807) is 0 Å². The molecule has 31 heavy (non-hydrogen) atoms. The van der Waals surface area contributed by atoms with Crippen molar-refractivity contribution >= 4 is 28.8 Å². The van der Waals surface area contributed by atoms with Crippen molar-refractivity contribution in [3.8, 4) is 34.2 Å². The molecule has 0 spiro atoms. The van der Waals surface area contributed by atoms with Crippen LogP contribution in [0.15, 0.2) is 47.3 Å². The third-order valence-electron chi connectivity index (χ3n) is 4.50. The molecule has 4 aromatic rings. The van der Waals surface area contributed by atoms with Gasteiger partial charge < -0.3 is 10.1 Å². The van der Waals surface area contributed by atoms with Crippen LogP contribution in [-0.2, 0) is 6.18 Å². The number of benzene rings is 2. The Morgan fingerprint density at radius 3 is 2.45 bits per heavy atom. The fourth-order valence-electron chi connectivity index (χ4n) is 3.18. The lowest BCUT2D eigenvalue weighted by Crippen LogP contribution is -2.10. The molecule has 0 saturated heterocycles. The molecule has 0 saturated carbocycles. The topological polar surface area (TPSA) is 94.2 Å². The smallest absolute Gasteiger partial charge is 0.435 e. The summed E-state index contributed by atoms with van der Waals surface area (Å²) in [5.41, 5.74) is -2.55. The van der Waals surface area contributed by atoms with Crippen LogP contribution in [0.2, 0.25) is 10.0 Å². The molecule has 2 aromatic carbocycles. The van der Waals surface area contributed by atoms with E-state index in [4.69, 9.17) is 28.5 Å². The Morgan fingerprint density at radius 2 is 1.84 bits per heavy atom. The SMILES string of the molecule is N#Cc1ccc(-c2cc(=O)[nH]c3c(-c4ccc(Cl)c(Cl)c4)c(C(F)(F)F)nn23)c(O)c1. The lowest BCUT2D eigenvalue weighted by molar-refractivity contribution is -0.140. The van der Waals surface area contributed by atoms with Crippen LogP contribution in [-0.4, -0.2) is 19.7 Å². The number of nitriles is 1. The minimum Gasteiger partial charge on any atom is -0.507 e. The number of phenolic OH excluding ortho intramolecular Hbond substituents is 1. The maximum atomic E-state index is 13.9. The Kier molecular flexibility index (Phi) is 4.92. The maximum absolute atomic E-state index is 13.9. The summed E-state index contributed by atoms with van der Waals surface area (Å²) in [7, 11) is 0. The van der Waals surface area contributed by atoms with E-state index >= 15 is 0 Å². The number of rotatable bonds is 2. The Labute approximate surface area is 181 Å². The molecule has 0 unspecified atom stereocenters. The molecule has 0 aliphatic heterocycles. The highest BCUT2D eigenvalue weighted by Crippen LogP contribution is 2.41. The number of hydrogen-bond acceptors (Lipinski definition) is 4. The Hall–Kier alpha value is -3.48. The van der Waals surface area contributed by atoms with Crippen LogP contribution in [0, 0.1) is 11.3 Å². The molecular formula is C20H9Cl2F3N4O2. The zero-order chi connectivity index (χ0) is 22.5. The van der Waals surface area contributed by atoms with E-state index in [9.17, 15) is 23.1 Å². The first-order valence-corrected chi connectivity index (χ1v) is 9.28. The maximum Gasteiger partial charge on any atom is 0.435 e. The predicted octanol–water partition coefficient (Wildman–Crippen LogP) is 5.26. The number of nitrogens with one attached hydrogen (secondary N) is 1. The second-order valence-electron chi connectivity index (χ2n) is 6.47. The number of fused-ring (bicyclic) bond motifs is 1. The molecule has 0 aliphatic rings. The second-order valence-corrected chi connectivity index (χ2v) is 7.29. The molecule has 2 N–H and O–H groups in total. The summed E-state index contributed by atoms with van der Waals surface area (Å²) in [4.78, 5) is 14.7. The molecule has 0 fully saturated rings. The van der Waals surface area contributed by atoms with Crippen LogP contribution in [0.25, 0.3) is 28.0 Å². The summed E-state index contributed by atoms with van der Waals surface area (Å²) in [6.07, 6.45) is -4.87. The zero-order valence-electron chi connectivity index (χ0n) is 15.1. The van der Waals surface area contributed by atoms with Crippen molar-refractivity contribution in [3.63, 3.8) is 0 Å². The average molecular weight is 465 g/mol. The predicted molar refractivity (Wildman–Crippen MR) is 108 cm³/mol. The van der Waals surface area contributed by atoms with E-state index in [0.29, 0.717) is 0 Å². The van der Waals surface area contributed by atoms with Crippen molar-refractivity contribution in [1.82, 2.24) is 14.6 Å². The van der Waals surface area contributed by atoms with Crippen LogP contribution in [0.4, 0.5) is 13.2 Å². The van der Waals surface area contributed by atoms with E-state index in [1.807, 2.05) is 6.07 Å². The normalized spacial score (nSPS) is 11.6. The van der Waals surface area contributed by atoms with Gasteiger partial charge in [0.25, 0.3) is 5.56 Å². The summed E-state index contributed by atoms with van der Waals surface area (Å²) in [5.74, 6) is -0.397. The lowest BCUT2D eigenvalue weighted by Gasteiger charge is -2.08. The average Bonchev–Trinajstić information content (AvgIpc) is 3.09. The van der Waals surface area contributed by atoms with Crippen LogP contribution in [0.1, 0.15) is 11.3 Å². The lowest BCUT2D eigenvalue weighted by atomic mass is 10.0. The van der Waals surface area contributed by atoms with E-state index < -0.39 is 28.7 Å². The third kappa shape index (κ3) is 3.60. The summed E-state index contributed by atoms with van der Waals surface area (Å²) < 4.78 is 42.4. The molecule has 0 radical (unpaired) electrons. The Bertz CT molecular complexity index is 1450.